The van der Waals surface area contributed by atoms with Gasteiger partial charge in [-0.15, -0.1) is 0 Å². The van der Waals surface area contributed by atoms with E-state index in [0.717, 1.165) is 16.5 Å². The van der Waals surface area contributed by atoms with Crippen LogP contribution in [0.3, 0.4) is 0 Å². The number of fused-ring (bicyclic) bond motifs is 1. The Morgan fingerprint density at radius 1 is 1.22 bits per heavy atom. The maximum atomic E-state index is 12.1. The van der Waals surface area contributed by atoms with Gasteiger partial charge in [-0.2, -0.15) is 13.2 Å². The van der Waals surface area contributed by atoms with E-state index in [1.165, 1.54) is 0 Å². The molecule has 2 nitrogen and oxygen atoms in total. The number of alkyl halides is 3. The van der Waals surface area contributed by atoms with Gasteiger partial charge in [-0.1, -0.05) is 18.2 Å². The standard InChI is InChI=1S/C12H12F3NOS/c13-12(14,15)18-6-5-16-7-9(8-17)10-3-1-2-4-11(10)16/h1-4,7,17H,5-6,8H2. The van der Waals surface area contributed by atoms with Gasteiger partial charge in [0, 0.05) is 35.0 Å². The second kappa shape index (κ2) is 5.24. The molecule has 2 aromatic rings. The van der Waals surface area contributed by atoms with E-state index in [9.17, 15) is 18.3 Å². The highest BCUT2D eigenvalue weighted by Crippen LogP contribution is 2.30. The SMILES string of the molecule is OCc1cn(CCSC(F)(F)F)c2ccccc12. The number of aliphatic hydroxyl groups is 1. The molecule has 1 aromatic heterocycles. The molecule has 0 fully saturated rings. The summed E-state index contributed by atoms with van der Waals surface area (Å²) in [7, 11) is 0. The summed E-state index contributed by atoms with van der Waals surface area (Å²) in [4.78, 5) is 0. The number of rotatable bonds is 4. The van der Waals surface area contributed by atoms with E-state index in [0.29, 0.717) is 0 Å². The van der Waals surface area contributed by atoms with Gasteiger partial charge < -0.3 is 9.67 Å². The third-order valence-electron chi connectivity index (χ3n) is 2.64. The van der Waals surface area contributed by atoms with Crippen LogP contribution >= 0.6 is 11.8 Å². The highest BCUT2D eigenvalue weighted by molar-refractivity contribution is 8.00. The number of hydrogen-bond donors (Lipinski definition) is 1. The van der Waals surface area contributed by atoms with Crippen molar-refractivity contribution >= 4 is 22.7 Å². The molecule has 0 saturated carbocycles. The lowest BCUT2D eigenvalue weighted by atomic mass is 10.2. The lowest BCUT2D eigenvalue weighted by Gasteiger charge is -2.07. The molecule has 1 heterocycles. The van der Waals surface area contributed by atoms with E-state index in [2.05, 4.69) is 0 Å². The lowest BCUT2D eigenvalue weighted by molar-refractivity contribution is -0.0328. The number of hydrogen-bond acceptors (Lipinski definition) is 2. The molecule has 0 aliphatic rings. The predicted octanol–water partition coefficient (Wildman–Crippen LogP) is 3.39. The Hall–Kier alpha value is -1.14. The van der Waals surface area contributed by atoms with E-state index in [1.807, 2.05) is 24.3 Å². The Labute approximate surface area is 106 Å². The summed E-state index contributed by atoms with van der Waals surface area (Å²) in [5, 5.41) is 10.1. The van der Waals surface area contributed by atoms with Crippen LogP contribution in [0.1, 0.15) is 5.56 Å². The summed E-state index contributed by atoms with van der Waals surface area (Å²) < 4.78 is 37.9. The Morgan fingerprint density at radius 2 is 1.94 bits per heavy atom. The molecule has 1 aromatic carbocycles. The van der Waals surface area contributed by atoms with Gasteiger partial charge in [0.1, 0.15) is 0 Å². The number of aromatic nitrogens is 1. The number of halogens is 3. The third kappa shape index (κ3) is 3.00. The van der Waals surface area contributed by atoms with Crippen molar-refractivity contribution in [3.8, 4) is 0 Å². The molecular weight excluding hydrogens is 263 g/mol. The smallest absolute Gasteiger partial charge is 0.392 e. The van der Waals surface area contributed by atoms with Gasteiger partial charge in [-0.3, -0.25) is 0 Å². The van der Waals surface area contributed by atoms with E-state index >= 15 is 0 Å². The second-order valence-electron chi connectivity index (χ2n) is 3.82. The molecule has 18 heavy (non-hydrogen) atoms. The molecule has 0 unspecified atom stereocenters. The Balaban J connectivity index is 2.18. The van der Waals surface area contributed by atoms with Crippen LogP contribution in [0.2, 0.25) is 0 Å². The van der Waals surface area contributed by atoms with Crippen LogP contribution in [-0.4, -0.2) is 20.9 Å². The quantitative estimate of drug-likeness (QED) is 0.925. The van der Waals surface area contributed by atoms with Gasteiger partial charge in [0.2, 0.25) is 0 Å². The Morgan fingerprint density at radius 3 is 2.61 bits per heavy atom. The van der Waals surface area contributed by atoms with Crippen molar-refractivity contribution < 1.29 is 18.3 Å². The van der Waals surface area contributed by atoms with Gasteiger partial charge >= 0.3 is 5.51 Å². The Kier molecular flexibility index (Phi) is 3.87. The van der Waals surface area contributed by atoms with Crippen LogP contribution in [0.25, 0.3) is 10.9 Å². The molecule has 0 aliphatic carbocycles. The van der Waals surface area contributed by atoms with Gasteiger partial charge in [0.15, 0.2) is 0 Å². The highest BCUT2D eigenvalue weighted by Gasteiger charge is 2.27. The fourth-order valence-corrected chi connectivity index (χ4v) is 2.41. The molecule has 6 heteroatoms. The monoisotopic (exact) mass is 275 g/mol. The first-order valence-corrected chi connectivity index (χ1v) is 6.38. The van der Waals surface area contributed by atoms with Crippen molar-refractivity contribution in [3.05, 3.63) is 36.0 Å². The van der Waals surface area contributed by atoms with Crippen LogP contribution in [0, 0.1) is 0 Å². The van der Waals surface area contributed by atoms with Crippen molar-refractivity contribution in [1.82, 2.24) is 4.57 Å². The molecule has 0 bridgehead atoms. The summed E-state index contributed by atoms with van der Waals surface area (Å²) >= 11 is -0.0295. The van der Waals surface area contributed by atoms with Gasteiger partial charge in [-0.05, 0) is 17.8 Å². The Bertz CT molecular complexity index is 536. The predicted molar refractivity (Wildman–Crippen MR) is 66.4 cm³/mol. The minimum atomic E-state index is -4.19. The number of para-hydroxylation sites is 1. The molecule has 0 spiro atoms. The zero-order valence-electron chi connectivity index (χ0n) is 9.44. The number of aliphatic hydroxyl groups excluding tert-OH is 1. The van der Waals surface area contributed by atoms with E-state index < -0.39 is 5.51 Å². The van der Waals surface area contributed by atoms with Crippen molar-refractivity contribution in [3.63, 3.8) is 0 Å². The average molecular weight is 275 g/mol. The van der Waals surface area contributed by atoms with Crippen LogP contribution in [0.4, 0.5) is 13.2 Å². The van der Waals surface area contributed by atoms with Crippen molar-refractivity contribution in [2.75, 3.05) is 5.75 Å². The van der Waals surface area contributed by atoms with Crippen molar-refractivity contribution in [1.29, 1.82) is 0 Å². The zero-order valence-corrected chi connectivity index (χ0v) is 10.3. The van der Waals surface area contributed by atoms with E-state index in [1.54, 1.807) is 10.8 Å². The molecule has 0 atom stereocenters. The summed E-state index contributed by atoms with van der Waals surface area (Å²) in [6.07, 6.45) is 1.71. The largest absolute Gasteiger partial charge is 0.441 e. The maximum Gasteiger partial charge on any atom is 0.441 e. The number of nitrogens with zero attached hydrogens (tertiary/aromatic N) is 1. The highest BCUT2D eigenvalue weighted by atomic mass is 32.2. The number of thioether (sulfide) groups is 1. The first-order valence-electron chi connectivity index (χ1n) is 5.39. The summed E-state index contributed by atoms with van der Waals surface area (Å²) in [5.41, 5.74) is -2.60. The fourth-order valence-electron chi connectivity index (χ4n) is 1.89. The molecule has 0 radical (unpaired) electrons. The first-order chi connectivity index (χ1) is 8.51. The number of benzene rings is 1. The van der Waals surface area contributed by atoms with Crippen molar-refractivity contribution in [2.24, 2.45) is 0 Å². The van der Waals surface area contributed by atoms with Crippen LogP contribution in [0.5, 0.6) is 0 Å². The minimum absolute atomic E-state index is 0.0295. The molecule has 98 valence electrons. The first kappa shape index (κ1) is 13.3. The fraction of sp³-hybridized carbons (Fsp3) is 0.333. The van der Waals surface area contributed by atoms with Gasteiger partial charge in [-0.25, -0.2) is 0 Å². The van der Waals surface area contributed by atoms with Gasteiger partial charge in [0.05, 0.1) is 6.61 Å². The molecule has 1 N–H and O–H groups in total. The number of aryl methyl sites for hydroxylation is 1. The lowest BCUT2D eigenvalue weighted by Crippen LogP contribution is -2.06. The minimum Gasteiger partial charge on any atom is -0.392 e. The molecular formula is C12H12F3NOS. The maximum absolute atomic E-state index is 12.1. The van der Waals surface area contributed by atoms with E-state index in [4.69, 9.17) is 0 Å². The van der Waals surface area contributed by atoms with Gasteiger partial charge in [0.25, 0.3) is 0 Å². The molecule has 2 rings (SSSR count). The molecule has 0 saturated heterocycles. The van der Waals surface area contributed by atoms with E-state index in [-0.39, 0.29) is 30.7 Å². The summed E-state index contributed by atoms with van der Waals surface area (Å²) in [6.45, 7) is 0.157. The van der Waals surface area contributed by atoms with Crippen molar-refractivity contribution in [2.45, 2.75) is 18.7 Å². The zero-order chi connectivity index (χ0) is 13.2. The topological polar surface area (TPSA) is 25.2 Å². The average Bonchev–Trinajstić information content (AvgIpc) is 2.66. The van der Waals surface area contributed by atoms with Crippen LogP contribution < -0.4 is 0 Å². The third-order valence-corrected chi connectivity index (χ3v) is 3.35. The van der Waals surface area contributed by atoms with Crippen LogP contribution in [-0.2, 0) is 13.2 Å². The molecule has 0 aliphatic heterocycles. The normalized spacial score (nSPS) is 12.2. The summed E-state index contributed by atoms with van der Waals surface area (Å²) in [6, 6.07) is 7.37. The van der Waals surface area contributed by atoms with Crippen LogP contribution in [0.15, 0.2) is 30.5 Å². The summed E-state index contributed by atoms with van der Waals surface area (Å²) in [5.74, 6) is -0.0347. The second-order valence-corrected chi connectivity index (χ2v) is 4.98. The molecule has 0 amide bonds.